The normalized spacial score (nSPS) is 16.1. The Balaban J connectivity index is 1.27. The number of fused-ring (bicyclic) bond motifs is 1. The Kier molecular flexibility index (Phi) is 6.26. The number of carbonyl (C=O) groups is 3. The van der Waals surface area contributed by atoms with Gasteiger partial charge in [-0.05, 0) is 47.7 Å². The van der Waals surface area contributed by atoms with E-state index in [2.05, 4.69) is 5.32 Å². The molecule has 3 amide bonds. The van der Waals surface area contributed by atoms with Crippen LogP contribution in [0.5, 0.6) is 17.2 Å². The molecular formula is C21H16F2N2O6S. The molecule has 0 radical (unpaired) electrons. The average Bonchev–Trinajstić information content (AvgIpc) is 3.32. The van der Waals surface area contributed by atoms with E-state index in [-0.39, 0.29) is 30.5 Å². The van der Waals surface area contributed by atoms with Gasteiger partial charge < -0.3 is 19.5 Å². The second-order valence-corrected chi connectivity index (χ2v) is 7.65. The van der Waals surface area contributed by atoms with E-state index < -0.39 is 35.3 Å². The van der Waals surface area contributed by atoms with Gasteiger partial charge in [0.2, 0.25) is 6.79 Å². The molecule has 2 aromatic carbocycles. The molecule has 2 heterocycles. The molecule has 0 spiro atoms. The van der Waals surface area contributed by atoms with Crippen LogP contribution in [0.2, 0.25) is 0 Å². The zero-order valence-corrected chi connectivity index (χ0v) is 17.2. The Bertz CT molecular complexity index is 1120. The fourth-order valence-electron chi connectivity index (χ4n) is 2.94. The Morgan fingerprint density at radius 2 is 1.97 bits per heavy atom. The summed E-state index contributed by atoms with van der Waals surface area (Å²) in [6.45, 7) is -0.428. The van der Waals surface area contributed by atoms with Crippen molar-refractivity contribution in [2.75, 3.05) is 26.5 Å². The number of nitrogens with one attached hydrogen (secondary N) is 1. The van der Waals surface area contributed by atoms with Crippen LogP contribution in [-0.4, -0.2) is 48.4 Å². The molecule has 11 heteroatoms. The van der Waals surface area contributed by atoms with Gasteiger partial charge >= 0.3 is 0 Å². The number of amides is 3. The van der Waals surface area contributed by atoms with E-state index in [9.17, 15) is 23.2 Å². The van der Waals surface area contributed by atoms with Crippen LogP contribution in [0.3, 0.4) is 0 Å². The predicted octanol–water partition coefficient (Wildman–Crippen LogP) is 2.93. The molecule has 8 nitrogen and oxygen atoms in total. The van der Waals surface area contributed by atoms with E-state index in [1.807, 2.05) is 0 Å². The third kappa shape index (κ3) is 4.83. The molecule has 1 fully saturated rings. The van der Waals surface area contributed by atoms with Crippen LogP contribution in [0.4, 0.5) is 13.6 Å². The SMILES string of the molecule is O=C(COc1ccc(F)cc1F)NCCN1C(=O)S/C(=C\c2ccc3c(c2)OCO3)C1=O. The van der Waals surface area contributed by atoms with Crippen molar-refractivity contribution >= 4 is 34.9 Å². The van der Waals surface area contributed by atoms with Crippen molar-refractivity contribution in [2.24, 2.45) is 0 Å². The minimum absolute atomic E-state index is 0.0105. The number of halogens is 2. The number of hydrogen-bond donors (Lipinski definition) is 1. The Morgan fingerprint density at radius 1 is 1.16 bits per heavy atom. The topological polar surface area (TPSA) is 94.2 Å². The molecule has 2 aromatic rings. The number of imide groups is 1. The van der Waals surface area contributed by atoms with Gasteiger partial charge in [0, 0.05) is 19.2 Å². The fourth-order valence-corrected chi connectivity index (χ4v) is 3.81. The summed E-state index contributed by atoms with van der Waals surface area (Å²) in [6, 6.07) is 7.89. The zero-order valence-electron chi connectivity index (χ0n) is 16.4. The lowest BCUT2D eigenvalue weighted by Gasteiger charge is -2.13. The van der Waals surface area contributed by atoms with Crippen molar-refractivity contribution < 1.29 is 37.4 Å². The summed E-state index contributed by atoms with van der Waals surface area (Å²) in [5.41, 5.74) is 0.679. The van der Waals surface area contributed by atoms with Crippen LogP contribution in [0.1, 0.15) is 5.56 Å². The lowest BCUT2D eigenvalue weighted by Crippen LogP contribution is -2.38. The summed E-state index contributed by atoms with van der Waals surface area (Å²) in [7, 11) is 0. The van der Waals surface area contributed by atoms with Crippen LogP contribution >= 0.6 is 11.8 Å². The second kappa shape index (κ2) is 9.27. The number of carbonyl (C=O) groups excluding carboxylic acids is 3. The first-order valence-electron chi connectivity index (χ1n) is 9.40. The monoisotopic (exact) mass is 462 g/mol. The molecule has 4 rings (SSSR count). The summed E-state index contributed by atoms with van der Waals surface area (Å²) < 4.78 is 41.9. The molecule has 166 valence electrons. The van der Waals surface area contributed by atoms with Gasteiger partial charge in [0.1, 0.15) is 5.82 Å². The van der Waals surface area contributed by atoms with E-state index in [0.29, 0.717) is 23.1 Å². The van der Waals surface area contributed by atoms with Gasteiger partial charge in [-0.1, -0.05) is 6.07 Å². The summed E-state index contributed by atoms with van der Waals surface area (Å²) in [5.74, 6) is -1.84. The van der Waals surface area contributed by atoms with Crippen LogP contribution in [0.15, 0.2) is 41.3 Å². The summed E-state index contributed by atoms with van der Waals surface area (Å²) >= 11 is 0.796. The molecule has 0 saturated carbocycles. The molecule has 0 atom stereocenters. The lowest BCUT2D eigenvalue weighted by molar-refractivity contribution is -0.125. The largest absolute Gasteiger partial charge is 0.481 e. The molecular weight excluding hydrogens is 446 g/mol. The highest BCUT2D eigenvalue weighted by atomic mass is 32.2. The zero-order chi connectivity index (χ0) is 22.7. The van der Waals surface area contributed by atoms with Crippen LogP contribution in [-0.2, 0) is 9.59 Å². The van der Waals surface area contributed by atoms with Crippen molar-refractivity contribution in [2.45, 2.75) is 0 Å². The van der Waals surface area contributed by atoms with Gasteiger partial charge in [0.05, 0.1) is 4.91 Å². The lowest BCUT2D eigenvalue weighted by atomic mass is 10.2. The maximum Gasteiger partial charge on any atom is 0.293 e. The molecule has 32 heavy (non-hydrogen) atoms. The van der Waals surface area contributed by atoms with Gasteiger partial charge in [-0.2, -0.15) is 0 Å². The van der Waals surface area contributed by atoms with Gasteiger partial charge in [-0.15, -0.1) is 0 Å². The number of nitrogens with zero attached hydrogens (tertiary/aromatic N) is 1. The first-order chi connectivity index (χ1) is 15.4. The summed E-state index contributed by atoms with van der Waals surface area (Å²) in [5, 5.41) is 2.02. The highest BCUT2D eigenvalue weighted by Crippen LogP contribution is 2.36. The molecule has 0 aromatic heterocycles. The van der Waals surface area contributed by atoms with E-state index in [1.165, 1.54) is 0 Å². The van der Waals surface area contributed by atoms with E-state index in [4.69, 9.17) is 14.2 Å². The first-order valence-corrected chi connectivity index (χ1v) is 10.2. The number of hydrogen-bond acceptors (Lipinski definition) is 7. The quantitative estimate of drug-likeness (QED) is 0.633. The maximum absolute atomic E-state index is 13.5. The molecule has 0 unspecified atom stereocenters. The van der Waals surface area contributed by atoms with Crippen molar-refractivity contribution in [3.63, 3.8) is 0 Å². The van der Waals surface area contributed by atoms with Crippen LogP contribution in [0.25, 0.3) is 6.08 Å². The van der Waals surface area contributed by atoms with Gasteiger partial charge in [0.25, 0.3) is 17.1 Å². The summed E-state index contributed by atoms with van der Waals surface area (Å²) in [4.78, 5) is 37.9. The Morgan fingerprint density at radius 3 is 2.78 bits per heavy atom. The van der Waals surface area contributed by atoms with Gasteiger partial charge in [0.15, 0.2) is 29.7 Å². The van der Waals surface area contributed by atoms with E-state index in [0.717, 1.165) is 28.8 Å². The summed E-state index contributed by atoms with van der Waals surface area (Å²) in [6.07, 6.45) is 1.58. The highest BCUT2D eigenvalue weighted by Gasteiger charge is 2.34. The highest BCUT2D eigenvalue weighted by molar-refractivity contribution is 8.18. The molecule has 2 aliphatic rings. The second-order valence-electron chi connectivity index (χ2n) is 6.66. The maximum atomic E-state index is 13.5. The van der Waals surface area contributed by atoms with Crippen molar-refractivity contribution in [3.05, 3.63) is 58.5 Å². The van der Waals surface area contributed by atoms with Crippen molar-refractivity contribution in [1.82, 2.24) is 10.2 Å². The molecule has 1 N–H and O–H groups in total. The van der Waals surface area contributed by atoms with Crippen LogP contribution in [0, 0.1) is 11.6 Å². The minimum Gasteiger partial charge on any atom is -0.481 e. The van der Waals surface area contributed by atoms with Gasteiger partial charge in [-0.25, -0.2) is 8.78 Å². The number of thioether (sulfide) groups is 1. The fraction of sp³-hybridized carbons (Fsp3) is 0.190. The number of benzene rings is 2. The predicted molar refractivity (Wildman–Crippen MR) is 110 cm³/mol. The molecule has 2 aliphatic heterocycles. The number of rotatable bonds is 7. The molecule has 1 saturated heterocycles. The van der Waals surface area contributed by atoms with E-state index >= 15 is 0 Å². The number of ether oxygens (including phenoxy) is 3. The van der Waals surface area contributed by atoms with Crippen molar-refractivity contribution in [1.29, 1.82) is 0 Å². The minimum atomic E-state index is -0.926. The van der Waals surface area contributed by atoms with Crippen LogP contribution < -0.4 is 19.5 Å². The molecule has 0 aliphatic carbocycles. The van der Waals surface area contributed by atoms with E-state index in [1.54, 1.807) is 24.3 Å². The third-order valence-corrected chi connectivity index (χ3v) is 5.39. The van der Waals surface area contributed by atoms with Gasteiger partial charge in [-0.3, -0.25) is 19.3 Å². The standard InChI is InChI=1S/C21H16F2N2O6S/c22-13-2-4-15(14(23)9-13)29-10-19(26)24-5-6-25-20(27)18(32-21(25)28)8-12-1-3-16-17(7-12)31-11-30-16/h1-4,7-9H,5-6,10-11H2,(H,24,26)/b18-8-. The third-order valence-electron chi connectivity index (χ3n) is 4.48. The van der Waals surface area contributed by atoms with Crippen molar-refractivity contribution in [3.8, 4) is 17.2 Å². The molecule has 0 bridgehead atoms. The Labute approximate surface area is 185 Å². The Hall–Kier alpha value is -3.60. The smallest absolute Gasteiger partial charge is 0.293 e. The first kappa shape index (κ1) is 21.6. The average molecular weight is 462 g/mol.